The van der Waals surface area contributed by atoms with Crippen molar-refractivity contribution in [1.29, 1.82) is 0 Å². The Morgan fingerprint density at radius 3 is 2.94 bits per heavy atom. The van der Waals surface area contributed by atoms with Gasteiger partial charge in [0, 0.05) is 19.0 Å². The number of carbonyl (C=O) groups is 2. The molecule has 0 atom stereocenters. The molecule has 0 radical (unpaired) electrons. The van der Waals surface area contributed by atoms with Gasteiger partial charge in [0.2, 0.25) is 11.7 Å². The molecule has 10 heteroatoms. The van der Waals surface area contributed by atoms with Crippen molar-refractivity contribution in [3.8, 4) is 5.75 Å². The molecule has 2 aliphatic rings. The van der Waals surface area contributed by atoms with Gasteiger partial charge in [-0.2, -0.15) is 0 Å². The van der Waals surface area contributed by atoms with Crippen LogP contribution in [0, 0.1) is 5.92 Å². The Bertz CT molecular complexity index is 1100. The second-order valence-electron chi connectivity index (χ2n) is 7.70. The molecule has 3 heterocycles. The number of thiazole rings is 1. The number of rotatable bonds is 7. The molecule has 1 saturated carbocycles. The predicted octanol–water partition coefficient (Wildman–Crippen LogP) is 2.62. The van der Waals surface area contributed by atoms with Crippen LogP contribution in [0.5, 0.6) is 5.75 Å². The van der Waals surface area contributed by atoms with Gasteiger partial charge in [-0.15, -0.1) is 11.3 Å². The van der Waals surface area contributed by atoms with Gasteiger partial charge in [0.1, 0.15) is 17.4 Å². The fourth-order valence-corrected chi connectivity index (χ4v) is 4.46. The highest BCUT2D eigenvalue weighted by molar-refractivity contribution is 7.16. The zero-order valence-electron chi connectivity index (χ0n) is 16.9. The highest BCUT2D eigenvalue weighted by Gasteiger charge is 2.39. The predicted molar refractivity (Wildman–Crippen MR) is 113 cm³/mol. The van der Waals surface area contributed by atoms with Gasteiger partial charge in [-0.05, 0) is 31.9 Å². The topological polar surface area (TPSA) is 107 Å². The Morgan fingerprint density at radius 1 is 1.29 bits per heavy atom. The normalized spacial score (nSPS) is 20.7. The minimum atomic E-state index is -0.528. The number of hydrogen-bond donors (Lipinski definition) is 1. The summed E-state index contributed by atoms with van der Waals surface area (Å²) in [6.45, 7) is 3.19. The highest BCUT2D eigenvalue weighted by Crippen LogP contribution is 2.35. The molecular formula is C21H22N4O5S. The Balaban J connectivity index is 1.06. The lowest BCUT2D eigenvalue weighted by Crippen LogP contribution is -2.61. The lowest BCUT2D eigenvalue weighted by Gasteiger charge is -2.41. The maximum Gasteiger partial charge on any atom is 0.376 e. The molecule has 0 unspecified atom stereocenters. The second-order valence-corrected chi connectivity index (χ2v) is 8.59. The van der Waals surface area contributed by atoms with E-state index in [1.54, 1.807) is 18.3 Å². The van der Waals surface area contributed by atoms with Crippen molar-refractivity contribution in [3.05, 3.63) is 35.7 Å². The number of carbonyl (C=O) groups excluding carboxylic acids is 2. The van der Waals surface area contributed by atoms with Crippen molar-refractivity contribution in [2.45, 2.75) is 31.9 Å². The minimum Gasteiger partial charge on any atom is -0.488 e. The maximum atomic E-state index is 12.5. The summed E-state index contributed by atoms with van der Waals surface area (Å²) in [4.78, 5) is 34.5. The number of fused-ring (bicyclic) bond motifs is 1. The van der Waals surface area contributed by atoms with Crippen molar-refractivity contribution in [3.63, 3.8) is 0 Å². The van der Waals surface area contributed by atoms with E-state index in [4.69, 9.17) is 13.9 Å². The van der Waals surface area contributed by atoms with Gasteiger partial charge in [-0.3, -0.25) is 4.79 Å². The van der Waals surface area contributed by atoms with E-state index in [0.29, 0.717) is 31.9 Å². The third-order valence-corrected chi connectivity index (χ3v) is 6.35. The molecule has 0 spiro atoms. The number of aromatic nitrogens is 2. The number of benzene rings is 1. The summed E-state index contributed by atoms with van der Waals surface area (Å²) in [5, 5.41) is 3.07. The van der Waals surface area contributed by atoms with Crippen LogP contribution in [-0.2, 0) is 9.53 Å². The van der Waals surface area contributed by atoms with Crippen LogP contribution in [0.4, 0.5) is 6.01 Å². The van der Waals surface area contributed by atoms with Gasteiger partial charge in [-0.1, -0.05) is 6.07 Å². The van der Waals surface area contributed by atoms with E-state index in [1.807, 2.05) is 28.6 Å². The summed E-state index contributed by atoms with van der Waals surface area (Å²) < 4.78 is 17.5. The summed E-state index contributed by atoms with van der Waals surface area (Å²) in [5.74, 6) is 0.352. The highest BCUT2D eigenvalue weighted by atomic mass is 32.1. The van der Waals surface area contributed by atoms with Gasteiger partial charge in [0.25, 0.3) is 6.01 Å². The van der Waals surface area contributed by atoms with Gasteiger partial charge >= 0.3 is 5.97 Å². The molecule has 0 bridgehead atoms. The third kappa shape index (κ3) is 3.95. The quantitative estimate of drug-likeness (QED) is 0.557. The standard InChI is InChI=1S/C21H22N4O5S/c1-2-28-20(27)16-8-22-21(30-16)25-9-13(10-25)24-19(26)12-6-14(7-12)29-15-4-3-5-17-18(15)23-11-31-17/h3-5,8,11-14H,2,6-7,9-10H2,1H3,(H,24,26)/t12-,14-. The summed E-state index contributed by atoms with van der Waals surface area (Å²) in [6, 6.07) is 6.31. The van der Waals surface area contributed by atoms with Crippen LogP contribution in [0.15, 0.2) is 34.3 Å². The number of amides is 1. The summed E-state index contributed by atoms with van der Waals surface area (Å²) in [6.07, 6.45) is 2.80. The Morgan fingerprint density at radius 2 is 2.13 bits per heavy atom. The molecular weight excluding hydrogens is 420 g/mol. The van der Waals surface area contributed by atoms with E-state index in [9.17, 15) is 9.59 Å². The van der Waals surface area contributed by atoms with E-state index >= 15 is 0 Å². The SMILES string of the molecule is CCOC(=O)c1cnc(N2CC(NC(=O)[C@H]3C[C@H](Oc4cccc5scnc45)C3)C2)o1. The molecule has 162 valence electrons. The van der Waals surface area contributed by atoms with E-state index in [-0.39, 0.29) is 36.3 Å². The molecule has 2 fully saturated rings. The molecule has 31 heavy (non-hydrogen) atoms. The average molecular weight is 442 g/mol. The number of esters is 1. The molecule has 1 aromatic carbocycles. The Hall–Kier alpha value is -3.14. The molecule has 2 aromatic heterocycles. The molecule has 1 saturated heterocycles. The zero-order chi connectivity index (χ0) is 21.4. The third-order valence-electron chi connectivity index (χ3n) is 5.55. The molecule has 1 aliphatic heterocycles. The summed E-state index contributed by atoms with van der Waals surface area (Å²) in [7, 11) is 0. The summed E-state index contributed by atoms with van der Waals surface area (Å²) >= 11 is 1.59. The van der Waals surface area contributed by atoms with Crippen LogP contribution in [0.2, 0.25) is 0 Å². The van der Waals surface area contributed by atoms with Crippen molar-refractivity contribution in [2.75, 3.05) is 24.6 Å². The molecule has 9 nitrogen and oxygen atoms in total. The first-order valence-electron chi connectivity index (χ1n) is 10.3. The van der Waals surface area contributed by atoms with Crippen molar-refractivity contribution < 1.29 is 23.5 Å². The fraction of sp³-hybridized carbons (Fsp3) is 0.429. The van der Waals surface area contributed by atoms with E-state index < -0.39 is 5.97 Å². The number of ether oxygens (including phenoxy) is 2. The van der Waals surface area contributed by atoms with Crippen LogP contribution in [0.3, 0.4) is 0 Å². The van der Waals surface area contributed by atoms with Crippen LogP contribution in [0.1, 0.15) is 30.3 Å². The number of para-hydroxylation sites is 1. The monoisotopic (exact) mass is 442 g/mol. The van der Waals surface area contributed by atoms with Crippen molar-refractivity contribution in [1.82, 2.24) is 15.3 Å². The molecule has 1 aliphatic carbocycles. The zero-order valence-corrected chi connectivity index (χ0v) is 17.8. The molecule has 1 amide bonds. The number of oxazole rings is 1. The van der Waals surface area contributed by atoms with Gasteiger partial charge in [0.15, 0.2) is 0 Å². The van der Waals surface area contributed by atoms with Gasteiger partial charge in [-0.25, -0.2) is 14.8 Å². The van der Waals surface area contributed by atoms with Crippen molar-refractivity contribution >= 4 is 39.4 Å². The first-order chi connectivity index (χ1) is 15.1. The average Bonchev–Trinajstić information content (AvgIpc) is 3.36. The lowest BCUT2D eigenvalue weighted by atomic mass is 9.81. The van der Waals surface area contributed by atoms with E-state index in [1.165, 1.54) is 6.20 Å². The van der Waals surface area contributed by atoms with Gasteiger partial charge in [0.05, 0.1) is 29.1 Å². The Labute approximate surface area is 182 Å². The van der Waals surface area contributed by atoms with Crippen LogP contribution < -0.4 is 15.0 Å². The smallest absolute Gasteiger partial charge is 0.376 e. The molecule has 3 aromatic rings. The van der Waals surface area contributed by atoms with E-state index in [2.05, 4.69) is 15.3 Å². The number of nitrogens with one attached hydrogen (secondary N) is 1. The number of nitrogens with zero attached hydrogens (tertiary/aromatic N) is 3. The van der Waals surface area contributed by atoms with Crippen LogP contribution >= 0.6 is 11.3 Å². The van der Waals surface area contributed by atoms with Crippen LogP contribution in [-0.4, -0.2) is 53.7 Å². The Kier molecular flexibility index (Phi) is 5.23. The minimum absolute atomic E-state index is 0.0363. The first kappa shape index (κ1) is 19.8. The van der Waals surface area contributed by atoms with Crippen molar-refractivity contribution in [2.24, 2.45) is 5.92 Å². The molecule has 5 rings (SSSR count). The first-order valence-corrected chi connectivity index (χ1v) is 11.2. The fourth-order valence-electron chi connectivity index (χ4n) is 3.76. The van der Waals surface area contributed by atoms with E-state index in [0.717, 1.165) is 16.0 Å². The van der Waals surface area contributed by atoms with Gasteiger partial charge < -0.3 is 24.1 Å². The lowest BCUT2D eigenvalue weighted by molar-refractivity contribution is -0.131. The largest absolute Gasteiger partial charge is 0.488 e. The summed E-state index contributed by atoms with van der Waals surface area (Å²) in [5.41, 5.74) is 2.69. The van der Waals surface area contributed by atoms with Crippen LogP contribution in [0.25, 0.3) is 10.2 Å². The molecule has 1 N–H and O–H groups in total. The maximum absolute atomic E-state index is 12.5. The number of hydrogen-bond acceptors (Lipinski definition) is 9. The second kappa shape index (κ2) is 8.18. The number of anilines is 1.